The van der Waals surface area contributed by atoms with Crippen LogP contribution >= 0.6 is 0 Å². The van der Waals surface area contributed by atoms with Gasteiger partial charge in [-0.2, -0.15) is 0 Å². The van der Waals surface area contributed by atoms with E-state index in [-0.39, 0.29) is 0 Å². The number of pyridine rings is 1. The van der Waals surface area contributed by atoms with Crippen molar-refractivity contribution in [3.63, 3.8) is 0 Å². The predicted molar refractivity (Wildman–Crippen MR) is 73.8 cm³/mol. The molecule has 0 spiro atoms. The van der Waals surface area contributed by atoms with E-state index in [0.717, 1.165) is 18.7 Å². The minimum atomic E-state index is 0.910. The van der Waals surface area contributed by atoms with E-state index in [4.69, 9.17) is 6.42 Å². The van der Waals surface area contributed by atoms with Crippen LogP contribution in [0.5, 0.6) is 0 Å². The van der Waals surface area contributed by atoms with Crippen molar-refractivity contribution in [2.24, 2.45) is 0 Å². The molecule has 0 fully saturated rings. The Morgan fingerprint density at radius 3 is 2.11 bits per heavy atom. The first-order valence-corrected chi connectivity index (χ1v) is 5.91. The monoisotopic (exact) mass is 236 g/mol. The van der Waals surface area contributed by atoms with Crippen LogP contribution < -0.4 is 0 Å². The standard InChI is InChI=1S/C16H16N2/c1-3-14-4-6-15(7-5-14)12-18(2)13-16-8-10-17-11-9-16/h1,4-11H,12-13H2,2H3. The average molecular weight is 236 g/mol. The van der Waals surface area contributed by atoms with Crippen LogP contribution in [0.15, 0.2) is 48.8 Å². The van der Waals surface area contributed by atoms with Crippen molar-refractivity contribution in [3.8, 4) is 12.3 Å². The molecule has 0 N–H and O–H groups in total. The van der Waals surface area contributed by atoms with Gasteiger partial charge in [-0.3, -0.25) is 9.88 Å². The second kappa shape index (κ2) is 6.00. The summed E-state index contributed by atoms with van der Waals surface area (Å²) in [7, 11) is 2.11. The summed E-state index contributed by atoms with van der Waals surface area (Å²) in [6.45, 7) is 1.83. The Balaban J connectivity index is 1.95. The number of nitrogens with zero attached hydrogens (tertiary/aromatic N) is 2. The fourth-order valence-corrected chi connectivity index (χ4v) is 1.87. The highest BCUT2D eigenvalue weighted by Crippen LogP contribution is 2.08. The van der Waals surface area contributed by atoms with Crippen LogP contribution in [0.25, 0.3) is 0 Å². The Morgan fingerprint density at radius 1 is 1.00 bits per heavy atom. The molecule has 0 aliphatic heterocycles. The minimum absolute atomic E-state index is 0.910. The molecule has 2 heteroatoms. The molecule has 1 heterocycles. The zero-order chi connectivity index (χ0) is 12.8. The van der Waals surface area contributed by atoms with Crippen LogP contribution in [-0.4, -0.2) is 16.9 Å². The molecule has 2 nitrogen and oxygen atoms in total. The molecule has 0 aliphatic rings. The van der Waals surface area contributed by atoms with Crippen LogP contribution in [0.4, 0.5) is 0 Å². The summed E-state index contributed by atoms with van der Waals surface area (Å²) in [4.78, 5) is 6.28. The van der Waals surface area contributed by atoms with Crippen molar-refractivity contribution in [2.75, 3.05) is 7.05 Å². The Kier molecular flexibility index (Phi) is 4.11. The lowest BCUT2D eigenvalue weighted by Crippen LogP contribution is -2.17. The van der Waals surface area contributed by atoms with E-state index in [0.29, 0.717) is 0 Å². The zero-order valence-electron chi connectivity index (χ0n) is 10.5. The van der Waals surface area contributed by atoms with Gasteiger partial charge in [-0.25, -0.2) is 0 Å². The fraction of sp³-hybridized carbons (Fsp3) is 0.188. The molecule has 0 saturated carbocycles. The molecule has 0 amide bonds. The van der Waals surface area contributed by atoms with E-state index in [1.54, 1.807) is 0 Å². The van der Waals surface area contributed by atoms with Crippen molar-refractivity contribution >= 4 is 0 Å². The Labute approximate surface area is 108 Å². The van der Waals surface area contributed by atoms with E-state index < -0.39 is 0 Å². The third-order valence-corrected chi connectivity index (χ3v) is 2.77. The highest BCUT2D eigenvalue weighted by molar-refractivity contribution is 5.34. The van der Waals surface area contributed by atoms with Gasteiger partial charge in [-0.1, -0.05) is 18.1 Å². The lowest BCUT2D eigenvalue weighted by molar-refractivity contribution is 0.319. The predicted octanol–water partition coefficient (Wildman–Crippen LogP) is 2.69. The van der Waals surface area contributed by atoms with Gasteiger partial charge in [0.15, 0.2) is 0 Å². The molecular weight excluding hydrogens is 220 g/mol. The highest BCUT2D eigenvalue weighted by atomic mass is 15.1. The number of rotatable bonds is 4. The van der Waals surface area contributed by atoms with Crippen LogP contribution in [0, 0.1) is 12.3 Å². The van der Waals surface area contributed by atoms with Crippen LogP contribution in [0.3, 0.4) is 0 Å². The Hall–Kier alpha value is -2.11. The normalized spacial score (nSPS) is 10.3. The van der Waals surface area contributed by atoms with Crippen molar-refractivity contribution in [1.82, 2.24) is 9.88 Å². The lowest BCUT2D eigenvalue weighted by atomic mass is 10.1. The van der Waals surface area contributed by atoms with Gasteiger partial charge < -0.3 is 0 Å². The number of hydrogen-bond acceptors (Lipinski definition) is 2. The van der Waals surface area contributed by atoms with Crippen LogP contribution in [-0.2, 0) is 13.1 Å². The van der Waals surface area contributed by atoms with E-state index in [9.17, 15) is 0 Å². The maximum absolute atomic E-state index is 5.34. The molecule has 2 rings (SSSR count). The van der Waals surface area contributed by atoms with Gasteiger partial charge in [0.1, 0.15) is 0 Å². The van der Waals surface area contributed by atoms with Crippen LogP contribution in [0.2, 0.25) is 0 Å². The quantitative estimate of drug-likeness (QED) is 0.759. The first kappa shape index (κ1) is 12.3. The summed E-state index contributed by atoms with van der Waals surface area (Å²) in [6.07, 6.45) is 8.99. The third kappa shape index (κ3) is 3.44. The van der Waals surface area contributed by atoms with Crippen molar-refractivity contribution in [2.45, 2.75) is 13.1 Å². The maximum Gasteiger partial charge on any atom is 0.0271 e. The third-order valence-electron chi connectivity index (χ3n) is 2.77. The van der Waals surface area contributed by atoms with Crippen LogP contribution in [0.1, 0.15) is 16.7 Å². The maximum atomic E-state index is 5.34. The summed E-state index contributed by atoms with van der Waals surface area (Å²) in [5.74, 6) is 2.63. The molecule has 1 aromatic heterocycles. The molecule has 0 radical (unpaired) electrons. The molecule has 1 aromatic carbocycles. The molecule has 0 saturated heterocycles. The first-order valence-electron chi connectivity index (χ1n) is 5.91. The smallest absolute Gasteiger partial charge is 0.0271 e. The summed E-state index contributed by atoms with van der Waals surface area (Å²) >= 11 is 0. The summed E-state index contributed by atoms with van der Waals surface area (Å²) in [5, 5.41) is 0. The van der Waals surface area contributed by atoms with E-state index in [1.165, 1.54) is 11.1 Å². The number of hydrogen-bond donors (Lipinski definition) is 0. The first-order chi connectivity index (χ1) is 8.78. The van der Waals surface area contributed by atoms with Crippen molar-refractivity contribution < 1.29 is 0 Å². The van der Waals surface area contributed by atoms with Gasteiger partial charge >= 0.3 is 0 Å². The SMILES string of the molecule is C#Cc1ccc(CN(C)Cc2ccncc2)cc1. The Bertz CT molecular complexity index is 523. The Morgan fingerprint density at radius 2 is 1.56 bits per heavy atom. The molecule has 2 aromatic rings. The molecule has 90 valence electrons. The fourth-order valence-electron chi connectivity index (χ4n) is 1.87. The second-order valence-corrected chi connectivity index (χ2v) is 4.37. The molecule has 0 bridgehead atoms. The molecular formula is C16H16N2. The summed E-state index contributed by atoms with van der Waals surface area (Å²) in [5.41, 5.74) is 3.47. The number of aromatic nitrogens is 1. The van der Waals surface area contributed by atoms with Gasteiger partial charge in [0.05, 0.1) is 0 Å². The molecule has 18 heavy (non-hydrogen) atoms. The second-order valence-electron chi connectivity index (χ2n) is 4.37. The van der Waals surface area contributed by atoms with Gasteiger partial charge in [0.25, 0.3) is 0 Å². The lowest BCUT2D eigenvalue weighted by Gasteiger charge is -2.16. The van der Waals surface area contributed by atoms with Gasteiger partial charge in [0.2, 0.25) is 0 Å². The zero-order valence-corrected chi connectivity index (χ0v) is 10.5. The largest absolute Gasteiger partial charge is 0.298 e. The van der Waals surface area contributed by atoms with Crippen molar-refractivity contribution in [1.29, 1.82) is 0 Å². The van der Waals surface area contributed by atoms with E-state index in [1.807, 2.05) is 36.7 Å². The topological polar surface area (TPSA) is 16.1 Å². The average Bonchev–Trinajstić information content (AvgIpc) is 2.40. The summed E-state index contributed by atoms with van der Waals surface area (Å²) < 4.78 is 0. The molecule has 0 atom stereocenters. The highest BCUT2D eigenvalue weighted by Gasteiger charge is 2.01. The van der Waals surface area contributed by atoms with E-state index >= 15 is 0 Å². The minimum Gasteiger partial charge on any atom is -0.298 e. The number of terminal acetylenes is 1. The van der Waals surface area contributed by atoms with Gasteiger partial charge in [-0.15, -0.1) is 6.42 Å². The molecule has 0 unspecified atom stereocenters. The van der Waals surface area contributed by atoms with Crippen molar-refractivity contribution in [3.05, 3.63) is 65.5 Å². The van der Waals surface area contributed by atoms with Gasteiger partial charge in [0, 0.05) is 31.0 Å². The molecule has 0 aliphatic carbocycles. The van der Waals surface area contributed by atoms with E-state index in [2.05, 4.69) is 35.0 Å². The van der Waals surface area contributed by atoms with Gasteiger partial charge in [-0.05, 0) is 42.4 Å². The number of benzene rings is 1. The summed E-state index contributed by atoms with van der Waals surface area (Å²) in [6, 6.07) is 12.2.